The summed E-state index contributed by atoms with van der Waals surface area (Å²) in [6, 6.07) is 18.6. The number of hydrogen-bond acceptors (Lipinski definition) is 5. The third-order valence-electron chi connectivity index (χ3n) is 7.37. The molecule has 1 aliphatic rings. The summed E-state index contributed by atoms with van der Waals surface area (Å²) in [5, 5.41) is 3.24. The van der Waals surface area contributed by atoms with Gasteiger partial charge in [0.15, 0.2) is 0 Å². The van der Waals surface area contributed by atoms with E-state index in [0.29, 0.717) is 5.75 Å². The van der Waals surface area contributed by atoms with Gasteiger partial charge in [-0.05, 0) is 42.7 Å². The molecule has 1 saturated carbocycles. The van der Waals surface area contributed by atoms with Gasteiger partial charge in [0.25, 0.3) is 0 Å². The number of nitrogens with one attached hydrogen (secondary N) is 1. The second-order valence-corrected chi connectivity index (χ2v) is 12.7. The van der Waals surface area contributed by atoms with Gasteiger partial charge in [-0.3, -0.25) is 13.9 Å². The van der Waals surface area contributed by atoms with Crippen LogP contribution in [0.3, 0.4) is 0 Å². The number of ether oxygens (including phenoxy) is 1. The van der Waals surface area contributed by atoms with Crippen LogP contribution in [-0.2, 0) is 32.6 Å². The van der Waals surface area contributed by atoms with E-state index in [1.165, 1.54) is 42.3 Å². The number of carbonyl (C=O) groups is 2. The first-order chi connectivity index (χ1) is 20.1. The van der Waals surface area contributed by atoms with E-state index in [-0.39, 0.29) is 41.2 Å². The molecule has 0 bridgehead atoms. The number of sulfonamides is 1. The van der Waals surface area contributed by atoms with Crippen LogP contribution in [0.25, 0.3) is 0 Å². The van der Waals surface area contributed by atoms with Gasteiger partial charge >= 0.3 is 0 Å². The highest BCUT2D eigenvalue weighted by molar-refractivity contribution is 7.92. The van der Waals surface area contributed by atoms with Gasteiger partial charge in [-0.15, -0.1) is 0 Å². The Kier molecular flexibility index (Phi) is 10.5. The molecule has 0 aliphatic heterocycles. The molecule has 3 aromatic carbocycles. The van der Waals surface area contributed by atoms with Crippen LogP contribution in [0.4, 0.5) is 10.1 Å². The Morgan fingerprint density at radius 3 is 2.33 bits per heavy atom. The minimum atomic E-state index is -3.98. The van der Waals surface area contributed by atoms with E-state index < -0.39 is 34.3 Å². The molecule has 1 atom stereocenters. The van der Waals surface area contributed by atoms with Crippen molar-refractivity contribution in [3.63, 3.8) is 0 Å². The Morgan fingerprint density at radius 2 is 1.71 bits per heavy atom. The van der Waals surface area contributed by atoms with Crippen LogP contribution in [-0.4, -0.2) is 57.1 Å². The first-order valence-corrected chi connectivity index (χ1v) is 16.0. The van der Waals surface area contributed by atoms with E-state index in [0.717, 1.165) is 41.8 Å². The Balaban J connectivity index is 1.74. The van der Waals surface area contributed by atoms with Crippen LogP contribution in [0.2, 0.25) is 5.02 Å². The van der Waals surface area contributed by atoms with Crippen LogP contribution >= 0.6 is 11.6 Å². The monoisotopic (exact) mass is 615 g/mol. The SMILES string of the molecule is COc1ccc(N(CC(=O)N(Cc2ccccc2F)[C@@H](Cc2ccccc2)C(=O)NC2CCCC2)S(C)(=O)=O)cc1Cl. The van der Waals surface area contributed by atoms with E-state index >= 15 is 0 Å². The van der Waals surface area contributed by atoms with Gasteiger partial charge in [0, 0.05) is 24.6 Å². The van der Waals surface area contributed by atoms with Gasteiger partial charge in [0.2, 0.25) is 21.8 Å². The fourth-order valence-electron chi connectivity index (χ4n) is 5.16. The molecule has 42 heavy (non-hydrogen) atoms. The van der Waals surface area contributed by atoms with Crippen molar-refractivity contribution in [2.45, 2.75) is 50.7 Å². The maximum Gasteiger partial charge on any atom is 0.244 e. The molecule has 1 aliphatic carbocycles. The summed E-state index contributed by atoms with van der Waals surface area (Å²) in [4.78, 5) is 29.2. The van der Waals surface area contributed by atoms with Gasteiger partial charge in [0.1, 0.15) is 24.2 Å². The summed E-state index contributed by atoms with van der Waals surface area (Å²) >= 11 is 6.27. The Bertz CT molecular complexity index is 1500. The molecule has 0 spiro atoms. The molecule has 2 amide bonds. The lowest BCUT2D eigenvalue weighted by molar-refractivity contribution is -0.140. The number of hydrogen-bond donors (Lipinski definition) is 1. The number of benzene rings is 3. The highest BCUT2D eigenvalue weighted by atomic mass is 35.5. The van der Waals surface area contributed by atoms with Crippen LogP contribution in [0.1, 0.15) is 36.8 Å². The lowest BCUT2D eigenvalue weighted by atomic mass is 10.0. The molecule has 8 nitrogen and oxygen atoms in total. The van der Waals surface area contributed by atoms with Crippen molar-refractivity contribution in [1.29, 1.82) is 0 Å². The van der Waals surface area contributed by atoms with Crippen molar-refractivity contribution >= 4 is 39.1 Å². The van der Waals surface area contributed by atoms with E-state index in [9.17, 15) is 22.4 Å². The van der Waals surface area contributed by atoms with Crippen molar-refractivity contribution in [2.24, 2.45) is 0 Å². The van der Waals surface area contributed by atoms with Gasteiger partial charge in [-0.25, -0.2) is 12.8 Å². The van der Waals surface area contributed by atoms with Crippen LogP contribution in [0.15, 0.2) is 72.8 Å². The summed E-state index contributed by atoms with van der Waals surface area (Å²) in [6.07, 6.45) is 4.82. The third-order valence-corrected chi connectivity index (χ3v) is 8.81. The van der Waals surface area contributed by atoms with Crippen LogP contribution in [0.5, 0.6) is 5.75 Å². The standard InChI is InChI=1S/C31H35ClFN3O5S/c1-41-29-17-16-25(19-26(29)32)36(42(2,39)40)21-30(37)35(20-23-12-6-9-15-27(23)33)28(18-22-10-4-3-5-11-22)31(38)34-24-13-7-8-14-24/h3-6,9-12,15-17,19,24,28H,7-8,13-14,18,20-21H2,1-2H3,(H,34,38)/t28-/m0/s1. The van der Waals surface area contributed by atoms with Crippen LogP contribution < -0.4 is 14.4 Å². The molecule has 1 fully saturated rings. The Hall–Kier alpha value is -3.63. The lowest BCUT2D eigenvalue weighted by Crippen LogP contribution is -2.54. The molecule has 0 unspecified atom stereocenters. The van der Waals surface area contributed by atoms with E-state index in [1.807, 2.05) is 30.3 Å². The number of anilines is 1. The minimum absolute atomic E-state index is 0.0184. The zero-order chi connectivity index (χ0) is 30.3. The molecule has 0 radical (unpaired) electrons. The zero-order valence-corrected chi connectivity index (χ0v) is 25.2. The molecule has 11 heteroatoms. The smallest absolute Gasteiger partial charge is 0.244 e. The molecule has 1 N–H and O–H groups in total. The summed E-state index contributed by atoms with van der Waals surface area (Å²) < 4.78 is 46.9. The quantitative estimate of drug-likeness (QED) is 0.311. The fraction of sp³-hybridized carbons (Fsp3) is 0.355. The molecule has 224 valence electrons. The summed E-state index contributed by atoms with van der Waals surface area (Å²) in [6.45, 7) is -0.861. The first-order valence-electron chi connectivity index (χ1n) is 13.7. The predicted octanol–water partition coefficient (Wildman–Crippen LogP) is 4.95. The number of rotatable bonds is 12. The highest BCUT2D eigenvalue weighted by Gasteiger charge is 2.34. The average molecular weight is 616 g/mol. The van der Waals surface area contributed by atoms with Crippen molar-refractivity contribution < 1.29 is 27.1 Å². The van der Waals surface area contributed by atoms with Gasteiger partial charge in [-0.2, -0.15) is 0 Å². The summed E-state index contributed by atoms with van der Waals surface area (Å²) in [7, 11) is -2.54. The first kappa shape index (κ1) is 31.3. The summed E-state index contributed by atoms with van der Waals surface area (Å²) in [5.74, 6) is -1.23. The van der Waals surface area contributed by atoms with Gasteiger partial charge in [0.05, 0.1) is 24.1 Å². The zero-order valence-electron chi connectivity index (χ0n) is 23.6. The molecule has 0 saturated heterocycles. The van der Waals surface area contributed by atoms with E-state index in [1.54, 1.807) is 12.1 Å². The summed E-state index contributed by atoms with van der Waals surface area (Å²) in [5.41, 5.74) is 1.16. The second-order valence-electron chi connectivity index (χ2n) is 10.4. The molecule has 3 aromatic rings. The largest absolute Gasteiger partial charge is 0.495 e. The van der Waals surface area contributed by atoms with Crippen molar-refractivity contribution in [3.8, 4) is 5.75 Å². The van der Waals surface area contributed by atoms with E-state index in [2.05, 4.69) is 5.32 Å². The van der Waals surface area contributed by atoms with Crippen LogP contribution in [0, 0.1) is 5.82 Å². The third kappa shape index (κ3) is 8.01. The fourth-order valence-corrected chi connectivity index (χ4v) is 6.25. The Labute approximate surface area is 251 Å². The maximum absolute atomic E-state index is 14.9. The average Bonchev–Trinajstić information content (AvgIpc) is 3.47. The maximum atomic E-state index is 14.9. The number of carbonyl (C=O) groups excluding carboxylic acids is 2. The molecular weight excluding hydrogens is 581 g/mol. The van der Waals surface area contributed by atoms with Gasteiger partial charge in [-0.1, -0.05) is 73.0 Å². The topological polar surface area (TPSA) is 96.0 Å². The number of halogens is 2. The molecule has 4 rings (SSSR count). The highest BCUT2D eigenvalue weighted by Crippen LogP contribution is 2.30. The van der Waals surface area contributed by atoms with Gasteiger partial charge < -0.3 is 15.0 Å². The number of amides is 2. The number of methoxy groups -OCH3 is 1. The number of nitrogens with zero attached hydrogens (tertiary/aromatic N) is 2. The minimum Gasteiger partial charge on any atom is -0.495 e. The normalized spacial score (nSPS) is 14.3. The van der Waals surface area contributed by atoms with Crippen molar-refractivity contribution in [3.05, 3.63) is 94.8 Å². The lowest BCUT2D eigenvalue weighted by Gasteiger charge is -2.34. The predicted molar refractivity (Wildman–Crippen MR) is 161 cm³/mol. The second kappa shape index (κ2) is 14.0. The molecule has 0 aromatic heterocycles. The van der Waals surface area contributed by atoms with Crippen molar-refractivity contribution in [1.82, 2.24) is 10.2 Å². The molecular formula is C31H35ClFN3O5S. The van der Waals surface area contributed by atoms with Crippen molar-refractivity contribution in [2.75, 3.05) is 24.2 Å². The molecule has 0 heterocycles. The van der Waals surface area contributed by atoms with E-state index in [4.69, 9.17) is 16.3 Å². The Morgan fingerprint density at radius 1 is 1.05 bits per heavy atom.